The van der Waals surface area contributed by atoms with Gasteiger partial charge in [0.15, 0.2) is 0 Å². The van der Waals surface area contributed by atoms with Gasteiger partial charge in [-0.25, -0.2) is 4.39 Å². The highest BCUT2D eigenvalue weighted by atomic mass is 19.1. The molecule has 19 heavy (non-hydrogen) atoms. The summed E-state index contributed by atoms with van der Waals surface area (Å²) in [5, 5.41) is 2.77. The number of carbonyl (C=O) groups is 1. The molecule has 1 saturated carbocycles. The van der Waals surface area contributed by atoms with E-state index in [1.165, 1.54) is 37.8 Å². The van der Waals surface area contributed by atoms with Gasteiger partial charge in [-0.05, 0) is 32.0 Å². The molecule has 0 bridgehead atoms. The van der Waals surface area contributed by atoms with Gasteiger partial charge in [0.05, 0.1) is 5.56 Å². The van der Waals surface area contributed by atoms with Crippen LogP contribution in [0, 0.1) is 5.82 Å². The van der Waals surface area contributed by atoms with Crippen molar-refractivity contribution in [1.82, 2.24) is 10.2 Å². The third-order valence-corrected chi connectivity index (χ3v) is 3.82. The highest BCUT2D eigenvalue weighted by Gasteiger charge is 2.19. The van der Waals surface area contributed by atoms with E-state index >= 15 is 0 Å². The van der Waals surface area contributed by atoms with Crippen molar-refractivity contribution in [1.29, 1.82) is 0 Å². The molecule has 2 rings (SSSR count). The second-order valence-electron chi connectivity index (χ2n) is 5.15. The average Bonchev–Trinajstić information content (AvgIpc) is 2.93. The van der Waals surface area contributed by atoms with Gasteiger partial charge in [0.2, 0.25) is 0 Å². The molecule has 0 heterocycles. The van der Waals surface area contributed by atoms with Gasteiger partial charge in [-0.2, -0.15) is 0 Å². The zero-order valence-corrected chi connectivity index (χ0v) is 11.4. The van der Waals surface area contributed by atoms with E-state index in [1.54, 1.807) is 12.1 Å². The number of likely N-dealkylation sites (N-methyl/N-ethyl adjacent to an activating group) is 1. The van der Waals surface area contributed by atoms with Crippen LogP contribution in [-0.4, -0.2) is 37.0 Å². The standard InChI is InChI=1S/C15H21FN2O/c1-18(12-6-2-3-7-12)11-10-17-15(19)13-8-4-5-9-14(13)16/h4-5,8-9,12H,2-3,6-7,10-11H2,1H3,(H,17,19). The summed E-state index contributed by atoms with van der Waals surface area (Å²) in [4.78, 5) is 14.1. The minimum absolute atomic E-state index is 0.117. The monoisotopic (exact) mass is 264 g/mol. The Bertz CT molecular complexity index is 430. The Balaban J connectivity index is 1.76. The number of hydrogen-bond donors (Lipinski definition) is 1. The summed E-state index contributed by atoms with van der Waals surface area (Å²) in [7, 11) is 2.09. The van der Waals surface area contributed by atoms with E-state index in [0.29, 0.717) is 12.6 Å². The van der Waals surface area contributed by atoms with Crippen molar-refractivity contribution in [2.45, 2.75) is 31.7 Å². The van der Waals surface area contributed by atoms with Crippen molar-refractivity contribution in [2.24, 2.45) is 0 Å². The number of nitrogens with zero attached hydrogens (tertiary/aromatic N) is 1. The number of rotatable bonds is 5. The summed E-state index contributed by atoms with van der Waals surface area (Å²) in [6.07, 6.45) is 5.10. The lowest BCUT2D eigenvalue weighted by Crippen LogP contribution is -2.37. The Labute approximate surface area is 113 Å². The topological polar surface area (TPSA) is 32.3 Å². The van der Waals surface area contributed by atoms with Crippen LogP contribution >= 0.6 is 0 Å². The fraction of sp³-hybridized carbons (Fsp3) is 0.533. The van der Waals surface area contributed by atoms with E-state index in [0.717, 1.165) is 6.54 Å². The highest BCUT2D eigenvalue weighted by molar-refractivity contribution is 5.94. The van der Waals surface area contributed by atoms with Gasteiger partial charge in [0, 0.05) is 19.1 Å². The molecule has 0 unspecified atom stereocenters. The van der Waals surface area contributed by atoms with Crippen molar-refractivity contribution in [3.63, 3.8) is 0 Å². The van der Waals surface area contributed by atoms with Crippen molar-refractivity contribution < 1.29 is 9.18 Å². The minimum Gasteiger partial charge on any atom is -0.351 e. The molecule has 1 fully saturated rings. The molecular weight excluding hydrogens is 243 g/mol. The van der Waals surface area contributed by atoms with Crippen LogP contribution < -0.4 is 5.32 Å². The van der Waals surface area contributed by atoms with Crippen LogP contribution in [0.2, 0.25) is 0 Å². The number of nitrogens with one attached hydrogen (secondary N) is 1. The van der Waals surface area contributed by atoms with Gasteiger partial charge in [0.25, 0.3) is 5.91 Å². The highest BCUT2D eigenvalue weighted by Crippen LogP contribution is 2.21. The SMILES string of the molecule is CN(CCNC(=O)c1ccccc1F)C1CCCC1. The van der Waals surface area contributed by atoms with Crippen LogP contribution in [0.25, 0.3) is 0 Å². The quantitative estimate of drug-likeness (QED) is 0.886. The normalized spacial score (nSPS) is 15.9. The molecule has 0 aliphatic heterocycles. The minimum atomic E-state index is -0.468. The van der Waals surface area contributed by atoms with E-state index in [1.807, 2.05) is 0 Å². The Kier molecular flexibility index (Phi) is 4.91. The summed E-state index contributed by atoms with van der Waals surface area (Å²) < 4.78 is 13.4. The maximum Gasteiger partial charge on any atom is 0.254 e. The lowest BCUT2D eigenvalue weighted by atomic mass is 10.2. The molecule has 1 aromatic rings. The summed E-state index contributed by atoms with van der Waals surface area (Å²) in [5.41, 5.74) is 0.117. The Morgan fingerprint density at radius 2 is 2.05 bits per heavy atom. The summed E-state index contributed by atoms with van der Waals surface area (Å²) >= 11 is 0. The number of benzene rings is 1. The van der Waals surface area contributed by atoms with E-state index < -0.39 is 5.82 Å². The molecule has 104 valence electrons. The Hall–Kier alpha value is -1.42. The zero-order chi connectivity index (χ0) is 13.7. The van der Waals surface area contributed by atoms with Crippen LogP contribution in [0.3, 0.4) is 0 Å². The summed E-state index contributed by atoms with van der Waals surface area (Å²) in [6, 6.07) is 6.71. The van der Waals surface area contributed by atoms with Gasteiger partial charge >= 0.3 is 0 Å². The first kappa shape index (κ1) is 14.0. The van der Waals surface area contributed by atoms with E-state index in [9.17, 15) is 9.18 Å². The van der Waals surface area contributed by atoms with Crippen LogP contribution in [0.15, 0.2) is 24.3 Å². The third-order valence-electron chi connectivity index (χ3n) is 3.82. The van der Waals surface area contributed by atoms with E-state index in [4.69, 9.17) is 0 Å². The molecule has 3 nitrogen and oxygen atoms in total. The third kappa shape index (κ3) is 3.77. The summed E-state index contributed by atoms with van der Waals surface area (Å²) in [6.45, 7) is 1.37. The van der Waals surface area contributed by atoms with Gasteiger partial charge in [0.1, 0.15) is 5.82 Å². The van der Waals surface area contributed by atoms with Crippen molar-refractivity contribution in [3.8, 4) is 0 Å². The molecular formula is C15H21FN2O. The second-order valence-corrected chi connectivity index (χ2v) is 5.15. The van der Waals surface area contributed by atoms with Gasteiger partial charge in [-0.15, -0.1) is 0 Å². The fourth-order valence-electron chi connectivity index (χ4n) is 2.61. The molecule has 1 amide bonds. The van der Waals surface area contributed by atoms with E-state index in [-0.39, 0.29) is 11.5 Å². The maximum absolute atomic E-state index is 13.4. The van der Waals surface area contributed by atoms with Crippen LogP contribution in [0.5, 0.6) is 0 Å². The van der Waals surface area contributed by atoms with Crippen LogP contribution in [0.1, 0.15) is 36.0 Å². The lowest BCUT2D eigenvalue weighted by Gasteiger charge is -2.23. The largest absolute Gasteiger partial charge is 0.351 e. The molecule has 1 aliphatic rings. The second kappa shape index (κ2) is 6.66. The molecule has 4 heteroatoms. The molecule has 1 aromatic carbocycles. The number of hydrogen-bond acceptors (Lipinski definition) is 2. The maximum atomic E-state index is 13.4. The fourth-order valence-corrected chi connectivity index (χ4v) is 2.61. The average molecular weight is 264 g/mol. The van der Waals surface area contributed by atoms with Crippen molar-refractivity contribution in [2.75, 3.05) is 20.1 Å². The van der Waals surface area contributed by atoms with Crippen molar-refractivity contribution >= 4 is 5.91 Å². The van der Waals surface area contributed by atoms with Gasteiger partial charge in [-0.3, -0.25) is 4.79 Å². The number of halogens is 1. The number of amides is 1. The molecule has 1 aliphatic carbocycles. The smallest absolute Gasteiger partial charge is 0.254 e. The first-order valence-corrected chi connectivity index (χ1v) is 6.91. The van der Waals surface area contributed by atoms with E-state index in [2.05, 4.69) is 17.3 Å². The zero-order valence-electron chi connectivity index (χ0n) is 11.4. The first-order chi connectivity index (χ1) is 9.18. The lowest BCUT2D eigenvalue weighted by molar-refractivity contribution is 0.0943. The molecule has 0 aromatic heterocycles. The molecule has 0 radical (unpaired) electrons. The molecule has 0 saturated heterocycles. The Morgan fingerprint density at radius 3 is 2.74 bits per heavy atom. The van der Waals surface area contributed by atoms with Gasteiger partial charge < -0.3 is 10.2 Å². The summed E-state index contributed by atoms with van der Waals surface area (Å²) in [5.74, 6) is -0.804. The van der Waals surface area contributed by atoms with Gasteiger partial charge in [-0.1, -0.05) is 25.0 Å². The molecule has 1 N–H and O–H groups in total. The van der Waals surface area contributed by atoms with Crippen LogP contribution in [-0.2, 0) is 0 Å². The van der Waals surface area contributed by atoms with Crippen molar-refractivity contribution in [3.05, 3.63) is 35.6 Å². The Morgan fingerprint density at radius 1 is 1.37 bits per heavy atom. The van der Waals surface area contributed by atoms with Crippen LogP contribution in [0.4, 0.5) is 4.39 Å². The number of carbonyl (C=O) groups excluding carboxylic acids is 1. The first-order valence-electron chi connectivity index (χ1n) is 6.91. The molecule has 0 atom stereocenters. The predicted octanol–water partition coefficient (Wildman–Crippen LogP) is 2.43. The predicted molar refractivity (Wildman–Crippen MR) is 73.6 cm³/mol. The molecule has 0 spiro atoms.